The Morgan fingerprint density at radius 1 is 1.00 bits per heavy atom. The van der Waals surface area contributed by atoms with Crippen molar-refractivity contribution >= 4 is 10.0 Å². The first kappa shape index (κ1) is 12.4. The fourth-order valence-corrected chi connectivity index (χ4v) is 3.40. The molecule has 0 unspecified atom stereocenters. The number of rotatable bonds is 3. The molecule has 2 aromatic rings. The van der Waals surface area contributed by atoms with Gasteiger partial charge in [-0.2, -0.15) is 0 Å². The highest BCUT2D eigenvalue weighted by Gasteiger charge is 2.27. The summed E-state index contributed by atoms with van der Waals surface area (Å²) in [6, 6.07) is 11.7. The predicted molar refractivity (Wildman–Crippen MR) is 68.1 cm³/mol. The van der Waals surface area contributed by atoms with Gasteiger partial charge in [0.15, 0.2) is 6.29 Å². The first-order valence-electron chi connectivity index (χ1n) is 5.91. The van der Waals surface area contributed by atoms with Crippen LogP contribution in [0.5, 0.6) is 0 Å². The molecule has 0 spiro atoms. The van der Waals surface area contributed by atoms with Gasteiger partial charge in [-0.1, -0.05) is 18.2 Å². The molecule has 0 bridgehead atoms. The van der Waals surface area contributed by atoms with Crippen LogP contribution in [0.4, 0.5) is 0 Å². The van der Waals surface area contributed by atoms with Crippen molar-refractivity contribution in [1.82, 2.24) is 3.97 Å². The van der Waals surface area contributed by atoms with E-state index < -0.39 is 16.3 Å². The summed E-state index contributed by atoms with van der Waals surface area (Å²) in [4.78, 5) is 0.241. The maximum Gasteiger partial charge on any atom is 0.268 e. The van der Waals surface area contributed by atoms with Crippen molar-refractivity contribution in [3.63, 3.8) is 0 Å². The number of hydrogen-bond acceptors (Lipinski definition) is 4. The van der Waals surface area contributed by atoms with E-state index in [1.165, 1.54) is 10.2 Å². The van der Waals surface area contributed by atoms with Crippen molar-refractivity contribution in [1.29, 1.82) is 0 Å². The van der Waals surface area contributed by atoms with Crippen LogP contribution >= 0.6 is 0 Å². The molecule has 0 atom stereocenters. The van der Waals surface area contributed by atoms with E-state index in [1.807, 2.05) is 0 Å². The number of aromatic nitrogens is 1. The first-order valence-corrected chi connectivity index (χ1v) is 7.35. The minimum absolute atomic E-state index is 0.241. The molecule has 100 valence electrons. The molecule has 0 N–H and O–H groups in total. The molecule has 1 aliphatic rings. The Morgan fingerprint density at radius 3 is 2.37 bits per heavy atom. The molecule has 1 aromatic heterocycles. The Bertz CT molecular complexity index is 657. The molecule has 19 heavy (non-hydrogen) atoms. The van der Waals surface area contributed by atoms with Gasteiger partial charge in [0, 0.05) is 6.20 Å². The third kappa shape index (κ3) is 2.18. The second-order valence-electron chi connectivity index (χ2n) is 4.12. The number of ether oxygens (including phenoxy) is 2. The molecule has 0 saturated carbocycles. The summed E-state index contributed by atoms with van der Waals surface area (Å²) in [6.07, 6.45) is 0.886. The SMILES string of the molecule is O=S(=O)(c1ccccc1)n1cccc1C1OCCO1. The lowest BCUT2D eigenvalue weighted by molar-refractivity contribution is -0.0477. The predicted octanol–water partition coefficient (Wildman–Crippen LogP) is 1.77. The van der Waals surface area contributed by atoms with Crippen LogP contribution in [-0.4, -0.2) is 25.6 Å². The Morgan fingerprint density at radius 2 is 1.68 bits per heavy atom. The van der Waals surface area contributed by atoms with Crippen LogP contribution in [0, 0.1) is 0 Å². The summed E-state index contributed by atoms with van der Waals surface area (Å²) >= 11 is 0. The highest BCUT2D eigenvalue weighted by molar-refractivity contribution is 7.90. The van der Waals surface area contributed by atoms with Gasteiger partial charge in [-0.05, 0) is 24.3 Å². The summed E-state index contributed by atoms with van der Waals surface area (Å²) in [5.74, 6) is 0. The van der Waals surface area contributed by atoms with Gasteiger partial charge in [-0.15, -0.1) is 0 Å². The Kier molecular flexibility index (Phi) is 3.14. The molecular weight excluding hydrogens is 266 g/mol. The van der Waals surface area contributed by atoms with Gasteiger partial charge < -0.3 is 9.47 Å². The first-order chi connectivity index (χ1) is 9.19. The molecule has 6 heteroatoms. The molecule has 2 heterocycles. The van der Waals surface area contributed by atoms with Gasteiger partial charge in [0.05, 0.1) is 23.8 Å². The molecule has 1 fully saturated rings. The summed E-state index contributed by atoms with van der Waals surface area (Å²) < 4.78 is 37.0. The van der Waals surface area contributed by atoms with Gasteiger partial charge in [0.1, 0.15) is 0 Å². The zero-order valence-corrected chi connectivity index (χ0v) is 10.9. The summed E-state index contributed by atoms with van der Waals surface area (Å²) in [6.45, 7) is 0.947. The molecule has 0 aliphatic carbocycles. The van der Waals surface area contributed by atoms with E-state index in [0.717, 1.165) is 0 Å². The topological polar surface area (TPSA) is 57.5 Å². The van der Waals surface area contributed by atoms with E-state index in [-0.39, 0.29) is 4.90 Å². The fourth-order valence-electron chi connectivity index (χ4n) is 2.02. The molecule has 1 aliphatic heterocycles. The summed E-state index contributed by atoms with van der Waals surface area (Å²) in [5, 5.41) is 0. The van der Waals surface area contributed by atoms with E-state index in [2.05, 4.69) is 0 Å². The van der Waals surface area contributed by atoms with Crippen molar-refractivity contribution in [2.45, 2.75) is 11.2 Å². The maximum atomic E-state index is 12.5. The number of benzene rings is 1. The monoisotopic (exact) mass is 279 g/mol. The second kappa shape index (κ2) is 4.80. The van der Waals surface area contributed by atoms with Gasteiger partial charge in [0.2, 0.25) is 0 Å². The van der Waals surface area contributed by atoms with E-state index in [0.29, 0.717) is 18.9 Å². The molecule has 0 amide bonds. The Labute approximate surface area is 111 Å². The lowest BCUT2D eigenvalue weighted by Crippen LogP contribution is -2.17. The highest BCUT2D eigenvalue weighted by Crippen LogP contribution is 2.26. The largest absolute Gasteiger partial charge is 0.345 e. The number of hydrogen-bond donors (Lipinski definition) is 0. The highest BCUT2D eigenvalue weighted by atomic mass is 32.2. The standard InChI is InChI=1S/C13H13NO4S/c15-19(16,11-5-2-1-3-6-11)14-8-4-7-12(14)13-17-9-10-18-13/h1-8,13H,9-10H2. The normalized spacial score (nSPS) is 16.8. The average Bonchev–Trinajstić information content (AvgIpc) is 3.10. The quantitative estimate of drug-likeness (QED) is 0.859. The zero-order chi connectivity index (χ0) is 13.3. The van der Waals surface area contributed by atoms with Crippen molar-refractivity contribution in [2.24, 2.45) is 0 Å². The lowest BCUT2D eigenvalue weighted by Gasteiger charge is -2.14. The molecule has 1 saturated heterocycles. The van der Waals surface area contributed by atoms with E-state index in [9.17, 15) is 8.42 Å². The van der Waals surface area contributed by atoms with E-state index in [4.69, 9.17) is 9.47 Å². The minimum Gasteiger partial charge on any atom is -0.345 e. The molecule has 5 nitrogen and oxygen atoms in total. The molecular formula is C13H13NO4S. The van der Waals surface area contributed by atoms with Crippen LogP contribution in [0.2, 0.25) is 0 Å². The Hall–Kier alpha value is -1.63. The second-order valence-corrected chi connectivity index (χ2v) is 5.94. The smallest absolute Gasteiger partial charge is 0.268 e. The van der Waals surface area contributed by atoms with E-state index in [1.54, 1.807) is 42.5 Å². The Balaban J connectivity index is 2.05. The van der Waals surface area contributed by atoms with Crippen LogP contribution in [-0.2, 0) is 19.5 Å². The van der Waals surface area contributed by atoms with Gasteiger partial charge >= 0.3 is 0 Å². The van der Waals surface area contributed by atoms with Crippen LogP contribution in [0.3, 0.4) is 0 Å². The van der Waals surface area contributed by atoms with Crippen molar-refractivity contribution in [2.75, 3.05) is 13.2 Å². The third-order valence-electron chi connectivity index (χ3n) is 2.91. The van der Waals surface area contributed by atoms with Crippen molar-refractivity contribution in [3.05, 3.63) is 54.4 Å². The van der Waals surface area contributed by atoms with Crippen LogP contribution in [0.25, 0.3) is 0 Å². The zero-order valence-electron chi connectivity index (χ0n) is 10.1. The molecule has 3 rings (SSSR count). The lowest BCUT2D eigenvalue weighted by atomic mass is 10.4. The van der Waals surface area contributed by atoms with Gasteiger partial charge in [0.25, 0.3) is 10.0 Å². The fraction of sp³-hybridized carbons (Fsp3) is 0.231. The van der Waals surface area contributed by atoms with Crippen LogP contribution in [0.1, 0.15) is 12.0 Å². The molecule has 0 radical (unpaired) electrons. The minimum atomic E-state index is -3.61. The van der Waals surface area contributed by atoms with Crippen LogP contribution in [0.15, 0.2) is 53.6 Å². The summed E-state index contributed by atoms with van der Waals surface area (Å²) in [7, 11) is -3.61. The molecule has 1 aromatic carbocycles. The summed E-state index contributed by atoms with van der Waals surface area (Å²) in [5.41, 5.74) is 0.487. The van der Waals surface area contributed by atoms with Gasteiger partial charge in [-0.25, -0.2) is 12.4 Å². The van der Waals surface area contributed by atoms with Crippen LogP contribution < -0.4 is 0 Å². The number of nitrogens with zero attached hydrogens (tertiary/aromatic N) is 1. The maximum absolute atomic E-state index is 12.5. The average molecular weight is 279 g/mol. The third-order valence-corrected chi connectivity index (χ3v) is 4.62. The van der Waals surface area contributed by atoms with Gasteiger partial charge in [-0.3, -0.25) is 0 Å². The van der Waals surface area contributed by atoms with Crippen molar-refractivity contribution in [3.8, 4) is 0 Å². The van der Waals surface area contributed by atoms with E-state index >= 15 is 0 Å². The van der Waals surface area contributed by atoms with Crippen molar-refractivity contribution < 1.29 is 17.9 Å².